The molecule has 5 nitrogen and oxygen atoms in total. The fourth-order valence-electron chi connectivity index (χ4n) is 2.08. The van der Waals surface area contributed by atoms with Crippen molar-refractivity contribution >= 4 is 5.95 Å². The van der Waals surface area contributed by atoms with Crippen molar-refractivity contribution in [2.45, 2.75) is 32.1 Å². The Labute approximate surface area is 101 Å². The second kappa shape index (κ2) is 5.03. The molecule has 3 N–H and O–H groups in total. The Morgan fingerprint density at radius 3 is 2.82 bits per heavy atom. The zero-order valence-corrected chi connectivity index (χ0v) is 10.3. The largest absolute Gasteiger partial charge is 0.368 e. The molecule has 0 saturated carbocycles. The Balaban J connectivity index is 2.04. The van der Waals surface area contributed by atoms with Gasteiger partial charge in [-0.3, -0.25) is 0 Å². The van der Waals surface area contributed by atoms with Crippen molar-refractivity contribution in [2.75, 3.05) is 5.73 Å². The highest BCUT2D eigenvalue weighted by molar-refractivity contribution is 5.18. The van der Waals surface area contributed by atoms with Gasteiger partial charge in [0.05, 0.1) is 0 Å². The van der Waals surface area contributed by atoms with Gasteiger partial charge in [-0.15, -0.1) is 10.2 Å². The van der Waals surface area contributed by atoms with Crippen LogP contribution in [0.3, 0.4) is 0 Å². The summed E-state index contributed by atoms with van der Waals surface area (Å²) in [6, 6.07) is 2.11. The first-order valence-electron chi connectivity index (χ1n) is 5.98. The molecule has 0 amide bonds. The van der Waals surface area contributed by atoms with E-state index in [0.29, 0.717) is 11.9 Å². The SMILES string of the molecule is CCC(CCc1cc[nH]c1)c1nnc(N)n1C. The van der Waals surface area contributed by atoms with Crippen LogP contribution in [0.1, 0.15) is 37.1 Å². The number of nitrogens with two attached hydrogens (primary N) is 1. The van der Waals surface area contributed by atoms with E-state index in [9.17, 15) is 0 Å². The number of aryl methyl sites for hydroxylation is 1. The van der Waals surface area contributed by atoms with Crippen LogP contribution in [0.25, 0.3) is 0 Å². The minimum absolute atomic E-state index is 0.416. The summed E-state index contributed by atoms with van der Waals surface area (Å²) in [7, 11) is 1.92. The summed E-state index contributed by atoms with van der Waals surface area (Å²) in [6.45, 7) is 2.17. The number of nitrogen functional groups attached to an aromatic ring is 1. The molecular formula is C12H19N5. The Morgan fingerprint density at radius 1 is 1.47 bits per heavy atom. The summed E-state index contributed by atoms with van der Waals surface area (Å²) in [5.74, 6) is 1.89. The number of aromatic amines is 1. The van der Waals surface area contributed by atoms with Crippen LogP contribution in [-0.2, 0) is 13.5 Å². The molecule has 1 unspecified atom stereocenters. The first-order valence-corrected chi connectivity index (χ1v) is 5.98. The molecule has 0 saturated heterocycles. The Bertz CT molecular complexity index is 457. The molecule has 0 radical (unpaired) electrons. The number of aromatic nitrogens is 4. The zero-order chi connectivity index (χ0) is 12.3. The lowest BCUT2D eigenvalue weighted by atomic mass is 9.97. The van der Waals surface area contributed by atoms with E-state index in [0.717, 1.165) is 25.1 Å². The van der Waals surface area contributed by atoms with Gasteiger partial charge < -0.3 is 15.3 Å². The van der Waals surface area contributed by atoms with Crippen molar-refractivity contribution in [3.8, 4) is 0 Å². The van der Waals surface area contributed by atoms with Crippen LogP contribution >= 0.6 is 0 Å². The van der Waals surface area contributed by atoms with Gasteiger partial charge >= 0.3 is 0 Å². The van der Waals surface area contributed by atoms with Crippen molar-refractivity contribution in [1.29, 1.82) is 0 Å². The molecule has 2 heterocycles. The number of H-pyrrole nitrogens is 1. The van der Waals surface area contributed by atoms with E-state index in [2.05, 4.69) is 28.2 Å². The molecule has 0 spiro atoms. The summed E-state index contributed by atoms with van der Waals surface area (Å²) in [5, 5.41) is 8.08. The van der Waals surface area contributed by atoms with E-state index in [1.807, 2.05) is 24.0 Å². The van der Waals surface area contributed by atoms with Crippen LogP contribution in [0.2, 0.25) is 0 Å². The molecule has 5 heteroatoms. The van der Waals surface area contributed by atoms with E-state index >= 15 is 0 Å². The monoisotopic (exact) mass is 233 g/mol. The van der Waals surface area contributed by atoms with Gasteiger partial charge in [0.15, 0.2) is 0 Å². The molecule has 0 aliphatic rings. The molecule has 0 aliphatic carbocycles. The second-order valence-corrected chi connectivity index (χ2v) is 4.34. The topological polar surface area (TPSA) is 72.5 Å². The van der Waals surface area contributed by atoms with Crippen LogP contribution in [0.15, 0.2) is 18.5 Å². The van der Waals surface area contributed by atoms with Crippen molar-refractivity contribution in [3.63, 3.8) is 0 Å². The van der Waals surface area contributed by atoms with E-state index < -0.39 is 0 Å². The number of nitrogens with one attached hydrogen (secondary N) is 1. The summed E-state index contributed by atoms with van der Waals surface area (Å²) in [6.07, 6.45) is 7.17. The lowest BCUT2D eigenvalue weighted by Gasteiger charge is -2.13. The van der Waals surface area contributed by atoms with E-state index in [-0.39, 0.29) is 0 Å². The molecule has 0 aromatic carbocycles. The normalized spacial score (nSPS) is 12.8. The summed E-state index contributed by atoms with van der Waals surface area (Å²) >= 11 is 0. The summed E-state index contributed by atoms with van der Waals surface area (Å²) < 4.78 is 1.88. The Kier molecular flexibility index (Phi) is 3.46. The molecule has 17 heavy (non-hydrogen) atoms. The molecule has 2 aromatic heterocycles. The maximum absolute atomic E-state index is 5.71. The number of hydrogen-bond donors (Lipinski definition) is 2. The van der Waals surface area contributed by atoms with Gasteiger partial charge in [0.2, 0.25) is 5.95 Å². The molecule has 2 rings (SSSR count). The van der Waals surface area contributed by atoms with E-state index in [1.54, 1.807) is 0 Å². The number of nitrogens with zero attached hydrogens (tertiary/aromatic N) is 3. The predicted octanol–water partition coefficient (Wildman–Crippen LogP) is 1.85. The molecule has 0 aliphatic heterocycles. The van der Waals surface area contributed by atoms with Gasteiger partial charge in [-0.2, -0.15) is 0 Å². The summed E-state index contributed by atoms with van der Waals surface area (Å²) in [4.78, 5) is 3.07. The Hall–Kier alpha value is -1.78. The fourth-order valence-corrected chi connectivity index (χ4v) is 2.08. The number of rotatable bonds is 5. The molecule has 1 atom stereocenters. The first-order chi connectivity index (χ1) is 8.22. The minimum Gasteiger partial charge on any atom is -0.368 e. The second-order valence-electron chi connectivity index (χ2n) is 4.34. The zero-order valence-electron chi connectivity index (χ0n) is 10.3. The first kappa shape index (κ1) is 11.7. The van der Waals surface area contributed by atoms with Gasteiger partial charge in [-0.25, -0.2) is 0 Å². The van der Waals surface area contributed by atoms with Gasteiger partial charge in [-0.1, -0.05) is 6.92 Å². The highest BCUT2D eigenvalue weighted by Gasteiger charge is 2.16. The highest BCUT2D eigenvalue weighted by Crippen LogP contribution is 2.24. The quantitative estimate of drug-likeness (QED) is 0.827. The lowest BCUT2D eigenvalue weighted by Crippen LogP contribution is -2.08. The third-order valence-electron chi connectivity index (χ3n) is 3.24. The molecule has 92 valence electrons. The van der Waals surface area contributed by atoms with Crippen LogP contribution in [0.4, 0.5) is 5.95 Å². The molecule has 2 aromatic rings. The van der Waals surface area contributed by atoms with Gasteiger partial charge in [0.1, 0.15) is 5.82 Å². The third-order valence-corrected chi connectivity index (χ3v) is 3.24. The fraction of sp³-hybridized carbons (Fsp3) is 0.500. The van der Waals surface area contributed by atoms with Gasteiger partial charge in [-0.05, 0) is 30.9 Å². The molecule has 0 bridgehead atoms. The highest BCUT2D eigenvalue weighted by atomic mass is 15.3. The average molecular weight is 233 g/mol. The van der Waals surface area contributed by atoms with Crippen molar-refractivity contribution < 1.29 is 0 Å². The standard InChI is InChI=1S/C12H19N5/c1-3-10(5-4-9-6-7-14-8-9)11-15-16-12(13)17(11)2/h6-8,10,14H,3-5H2,1-2H3,(H2,13,16). The number of hydrogen-bond acceptors (Lipinski definition) is 3. The van der Waals surface area contributed by atoms with Crippen molar-refractivity contribution in [3.05, 3.63) is 29.8 Å². The summed E-state index contributed by atoms with van der Waals surface area (Å²) in [5.41, 5.74) is 7.04. The van der Waals surface area contributed by atoms with Crippen LogP contribution < -0.4 is 5.73 Å². The Morgan fingerprint density at radius 2 is 2.29 bits per heavy atom. The third kappa shape index (κ3) is 2.49. The van der Waals surface area contributed by atoms with Crippen LogP contribution in [-0.4, -0.2) is 19.7 Å². The molecule has 0 fully saturated rings. The van der Waals surface area contributed by atoms with Crippen molar-refractivity contribution in [2.24, 2.45) is 7.05 Å². The van der Waals surface area contributed by atoms with Gasteiger partial charge in [0, 0.05) is 25.4 Å². The molecular weight excluding hydrogens is 214 g/mol. The average Bonchev–Trinajstić information content (AvgIpc) is 2.94. The van der Waals surface area contributed by atoms with Crippen molar-refractivity contribution in [1.82, 2.24) is 19.7 Å². The lowest BCUT2D eigenvalue weighted by molar-refractivity contribution is 0.552. The van der Waals surface area contributed by atoms with E-state index in [4.69, 9.17) is 5.73 Å². The maximum Gasteiger partial charge on any atom is 0.221 e. The van der Waals surface area contributed by atoms with Crippen LogP contribution in [0.5, 0.6) is 0 Å². The number of anilines is 1. The maximum atomic E-state index is 5.71. The van der Waals surface area contributed by atoms with Gasteiger partial charge in [0.25, 0.3) is 0 Å². The smallest absolute Gasteiger partial charge is 0.221 e. The predicted molar refractivity (Wildman–Crippen MR) is 67.6 cm³/mol. The van der Waals surface area contributed by atoms with E-state index in [1.165, 1.54) is 5.56 Å². The minimum atomic E-state index is 0.416. The van der Waals surface area contributed by atoms with Crippen LogP contribution in [0, 0.1) is 0 Å².